The minimum Gasteiger partial charge on any atom is -0.367 e. The highest BCUT2D eigenvalue weighted by Crippen LogP contribution is 2.30. The Balaban J connectivity index is 1.58. The van der Waals surface area contributed by atoms with E-state index in [9.17, 15) is 9.18 Å². The summed E-state index contributed by atoms with van der Waals surface area (Å²) in [5, 5.41) is 13.7. The summed E-state index contributed by atoms with van der Waals surface area (Å²) in [6.07, 6.45) is 6.03. The van der Waals surface area contributed by atoms with Crippen LogP contribution in [-0.2, 0) is 4.79 Å². The molecule has 152 valence electrons. The minimum absolute atomic E-state index is 0.0835. The molecule has 2 aliphatic rings. The van der Waals surface area contributed by atoms with Crippen molar-refractivity contribution in [3.8, 4) is 0 Å². The SMILES string of the molecule is C=C1NC(=O)C/C1=C\c1cnn2c(NC3CC3)cc(Nc3ccc(Br)cc3F)nc12. The fourth-order valence-electron chi connectivity index (χ4n) is 3.31. The molecule has 3 aromatic rings. The molecule has 30 heavy (non-hydrogen) atoms. The van der Waals surface area contributed by atoms with Crippen LogP contribution < -0.4 is 16.0 Å². The first-order valence-corrected chi connectivity index (χ1v) is 10.3. The zero-order chi connectivity index (χ0) is 20.8. The van der Waals surface area contributed by atoms with E-state index in [0.29, 0.717) is 33.4 Å². The largest absolute Gasteiger partial charge is 0.367 e. The molecule has 1 aliphatic carbocycles. The summed E-state index contributed by atoms with van der Waals surface area (Å²) in [6.45, 7) is 3.88. The van der Waals surface area contributed by atoms with Gasteiger partial charge in [-0.15, -0.1) is 0 Å². The first-order chi connectivity index (χ1) is 14.5. The maximum Gasteiger partial charge on any atom is 0.228 e. The molecule has 7 nitrogen and oxygen atoms in total. The first-order valence-electron chi connectivity index (χ1n) is 9.53. The highest BCUT2D eigenvalue weighted by molar-refractivity contribution is 9.10. The van der Waals surface area contributed by atoms with Gasteiger partial charge in [0.1, 0.15) is 17.5 Å². The number of rotatable bonds is 5. The molecule has 1 saturated heterocycles. The summed E-state index contributed by atoms with van der Waals surface area (Å²) in [5.41, 5.74) is 3.06. The monoisotopic (exact) mass is 468 g/mol. The molecule has 9 heteroatoms. The van der Waals surface area contributed by atoms with Crippen molar-refractivity contribution in [2.24, 2.45) is 0 Å². The predicted octanol–water partition coefficient (Wildman–Crippen LogP) is 4.37. The molecular weight excluding hydrogens is 451 g/mol. The lowest BCUT2D eigenvalue weighted by Crippen LogP contribution is -2.10. The van der Waals surface area contributed by atoms with Gasteiger partial charge in [-0.25, -0.2) is 9.37 Å². The van der Waals surface area contributed by atoms with Gasteiger partial charge in [-0.3, -0.25) is 4.79 Å². The van der Waals surface area contributed by atoms with E-state index in [1.165, 1.54) is 6.07 Å². The van der Waals surface area contributed by atoms with Crippen LogP contribution in [-0.4, -0.2) is 26.5 Å². The van der Waals surface area contributed by atoms with Crippen molar-refractivity contribution < 1.29 is 9.18 Å². The lowest BCUT2D eigenvalue weighted by molar-refractivity contribution is -0.118. The van der Waals surface area contributed by atoms with Crippen molar-refractivity contribution >= 4 is 50.9 Å². The van der Waals surface area contributed by atoms with Gasteiger partial charge in [-0.2, -0.15) is 9.61 Å². The second-order valence-corrected chi connectivity index (χ2v) is 8.32. The lowest BCUT2D eigenvalue weighted by atomic mass is 10.1. The Bertz CT molecular complexity index is 1230. The third-order valence-electron chi connectivity index (χ3n) is 4.98. The van der Waals surface area contributed by atoms with Crippen LogP contribution >= 0.6 is 15.9 Å². The van der Waals surface area contributed by atoms with Gasteiger partial charge in [0.25, 0.3) is 0 Å². The van der Waals surface area contributed by atoms with Crippen LogP contribution in [0.4, 0.5) is 21.7 Å². The van der Waals surface area contributed by atoms with Gasteiger partial charge in [0.2, 0.25) is 5.91 Å². The Morgan fingerprint density at radius 3 is 2.87 bits per heavy atom. The highest BCUT2D eigenvalue weighted by Gasteiger charge is 2.24. The lowest BCUT2D eigenvalue weighted by Gasteiger charge is -2.12. The number of aromatic nitrogens is 3. The smallest absolute Gasteiger partial charge is 0.228 e. The van der Waals surface area contributed by atoms with E-state index in [1.807, 2.05) is 12.1 Å². The number of amides is 1. The third kappa shape index (κ3) is 3.68. The van der Waals surface area contributed by atoms with Crippen molar-refractivity contribution in [1.82, 2.24) is 19.9 Å². The number of hydrogen-bond acceptors (Lipinski definition) is 5. The molecule has 5 rings (SSSR count). The average Bonchev–Trinajstić information content (AvgIpc) is 3.33. The summed E-state index contributed by atoms with van der Waals surface area (Å²) in [6, 6.07) is 7.02. The second-order valence-electron chi connectivity index (χ2n) is 7.40. The Morgan fingerprint density at radius 1 is 1.33 bits per heavy atom. The molecule has 3 heterocycles. The number of fused-ring (bicyclic) bond motifs is 1. The normalized spacial score (nSPS) is 17.6. The molecule has 0 unspecified atom stereocenters. The molecular formula is C21H18BrFN6O. The van der Waals surface area contributed by atoms with Crippen molar-refractivity contribution in [3.63, 3.8) is 0 Å². The van der Waals surface area contributed by atoms with Crippen LogP contribution in [0.1, 0.15) is 24.8 Å². The summed E-state index contributed by atoms with van der Waals surface area (Å²) in [4.78, 5) is 16.3. The van der Waals surface area contributed by atoms with Gasteiger partial charge < -0.3 is 16.0 Å². The number of hydrogen-bond donors (Lipinski definition) is 3. The number of carbonyl (C=O) groups is 1. The number of carbonyl (C=O) groups excluding carboxylic acids is 1. The number of nitrogens with zero attached hydrogens (tertiary/aromatic N) is 3. The van der Waals surface area contributed by atoms with Gasteiger partial charge in [0.15, 0.2) is 5.65 Å². The molecule has 2 fully saturated rings. The Kier molecular flexibility index (Phi) is 4.54. The van der Waals surface area contributed by atoms with Crippen LogP contribution in [0.15, 0.2) is 52.8 Å². The number of benzene rings is 1. The minimum atomic E-state index is -0.384. The predicted molar refractivity (Wildman–Crippen MR) is 117 cm³/mol. The van der Waals surface area contributed by atoms with Crippen LogP contribution in [0, 0.1) is 5.82 Å². The van der Waals surface area contributed by atoms with Gasteiger partial charge >= 0.3 is 0 Å². The Morgan fingerprint density at radius 2 is 2.17 bits per heavy atom. The first kappa shape index (κ1) is 18.8. The Labute approximate surface area is 180 Å². The van der Waals surface area contributed by atoms with Crippen LogP contribution in [0.25, 0.3) is 11.7 Å². The third-order valence-corrected chi connectivity index (χ3v) is 5.47. The van der Waals surface area contributed by atoms with E-state index in [1.54, 1.807) is 22.8 Å². The standard InChI is InChI=1S/C21H18BrFN6O/c1-11-12(7-20(30)25-11)6-13-10-24-29-19(26-15-3-4-15)9-18(28-21(13)29)27-17-5-2-14(22)8-16(17)23/h2,5-6,8-10,15,26H,1,3-4,7H2,(H,25,30)(H,27,28)/b12-6+. The van der Waals surface area contributed by atoms with Crippen molar-refractivity contribution in [2.45, 2.75) is 25.3 Å². The summed E-state index contributed by atoms with van der Waals surface area (Å²) >= 11 is 3.27. The maximum atomic E-state index is 14.3. The molecule has 0 bridgehead atoms. The van der Waals surface area contributed by atoms with Gasteiger partial charge in [-0.05, 0) is 42.7 Å². The summed E-state index contributed by atoms with van der Waals surface area (Å²) in [5.74, 6) is 0.795. The molecule has 0 radical (unpaired) electrons. The van der Waals surface area contributed by atoms with E-state index in [4.69, 9.17) is 0 Å². The number of anilines is 3. The van der Waals surface area contributed by atoms with E-state index in [2.05, 4.69) is 48.5 Å². The molecule has 0 spiro atoms. The number of halogens is 2. The molecule has 1 aliphatic heterocycles. The van der Waals surface area contributed by atoms with Gasteiger partial charge in [0, 0.05) is 27.8 Å². The summed E-state index contributed by atoms with van der Waals surface area (Å²) < 4.78 is 16.7. The second kappa shape index (κ2) is 7.24. The zero-order valence-corrected chi connectivity index (χ0v) is 17.5. The van der Waals surface area contributed by atoms with Crippen LogP contribution in [0.5, 0.6) is 0 Å². The van der Waals surface area contributed by atoms with Crippen LogP contribution in [0.2, 0.25) is 0 Å². The van der Waals surface area contributed by atoms with Crippen molar-refractivity contribution in [2.75, 3.05) is 10.6 Å². The van der Waals surface area contributed by atoms with Crippen molar-refractivity contribution in [3.05, 3.63) is 64.2 Å². The molecule has 0 atom stereocenters. The number of allylic oxidation sites excluding steroid dienone is 1. The maximum absolute atomic E-state index is 14.3. The molecule has 1 saturated carbocycles. The fraction of sp³-hybridized carbons (Fsp3) is 0.190. The molecule has 1 amide bonds. The summed E-state index contributed by atoms with van der Waals surface area (Å²) in [7, 11) is 0. The van der Waals surface area contributed by atoms with Gasteiger partial charge in [-0.1, -0.05) is 22.5 Å². The van der Waals surface area contributed by atoms with E-state index < -0.39 is 0 Å². The fourth-order valence-corrected chi connectivity index (χ4v) is 3.65. The highest BCUT2D eigenvalue weighted by atomic mass is 79.9. The van der Waals surface area contributed by atoms with E-state index in [0.717, 1.165) is 29.8 Å². The van der Waals surface area contributed by atoms with E-state index >= 15 is 0 Å². The Hall–Kier alpha value is -3.20. The van der Waals surface area contributed by atoms with Crippen molar-refractivity contribution in [1.29, 1.82) is 0 Å². The van der Waals surface area contributed by atoms with E-state index in [-0.39, 0.29) is 18.1 Å². The van der Waals surface area contributed by atoms with Crippen LogP contribution in [0.3, 0.4) is 0 Å². The topological polar surface area (TPSA) is 83.4 Å². The van der Waals surface area contributed by atoms with Gasteiger partial charge in [0.05, 0.1) is 18.3 Å². The zero-order valence-electron chi connectivity index (χ0n) is 15.9. The average molecular weight is 469 g/mol. The molecule has 2 aromatic heterocycles. The quantitative estimate of drug-likeness (QED) is 0.517. The molecule has 1 aromatic carbocycles. The molecule has 3 N–H and O–H groups in total. The number of nitrogens with one attached hydrogen (secondary N) is 3.